The van der Waals surface area contributed by atoms with E-state index in [1.54, 1.807) is 18.8 Å². The molecule has 0 saturated heterocycles. The number of nitrogens with one attached hydrogen (secondary N) is 1. The number of thiazole rings is 1. The van der Waals surface area contributed by atoms with E-state index < -0.39 is 12.0 Å². The number of hydrogen-bond donors (Lipinski definition) is 2. The highest BCUT2D eigenvalue weighted by Gasteiger charge is 2.15. The van der Waals surface area contributed by atoms with Gasteiger partial charge in [-0.05, 0) is 7.05 Å². The summed E-state index contributed by atoms with van der Waals surface area (Å²) >= 11 is 1.47. The van der Waals surface area contributed by atoms with Crippen molar-refractivity contribution in [3.8, 4) is 0 Å². The number of rotatable bonds is 4. The topological polar surface area (TPSA) is 62.2 Å². The van der Waals surface area contributed by atoms with Gasteiger partial charge in [-0.1, -0.05) is 0 Å². The molecule has 12 heavy (non-hydrogen) atoms. The lowest BCUT2D eigenvalue weighted by atomic mass is 10.2. The first kappa shape index (κ1) is 9.15. The Morgan fingerprint density at radius 2 is 2.67 bits per heavy atom. The van der Waals surface area contributed by atoms with Gasteiger partial charge in [0.2, 0.25) is 0 Å². The molecule has 0 radical (unpaired) electrons. The van der Waals surface area contributed by atoms with Gasteiger partial charge in [-0.15, -0.1) is 11.3 Å². The van der Waals surface area contributed by atoms with E-state index in [2.05, 4.69) is 10.3 Å². The third kappa shape index (κ3) is 2.28. The molecule has 0 aromatic carbocycles. The number of hydrogen-bond acceptors (Lipinski definition) is 4. The second kappa shape index (κ2) is 4.18. The number of carboxylic acid groups (broad SMARTS) is 1. The fourth-order valence-corrected chi connectivity index (χ4v) is 1.50. The molecule has 1 heterocycles. The SMILES string of the molecule is CN[C@@H](Cc1cncs1)C(=O)O. The zero-order valence-corrected chi connectivity index (χ0v) is 7.47. The van der Waals surface area contributed by atoms with Crippen LogP contribution in [0.2, 0.25) is 0 Å². The average molecular weight is 186 g/mol. The molecule has 1 aromatic heterocycles. The number of carboxylic acids is 1. The normalized spacial score (nSPS) is 12.8. The van der Waals surface area contributed by atoms with Gasteiger partial charge in [-0.25, -0.2) is 0 Å². The fourth-order valence-electron chi connectivity index (χ4n) is 0.857. The molecule has 0 aliphatic carbocycles. The summed E-state index contributed by atoms with van der Waals surface area (Å²) in [6.07, 6.45) is 2.19. The van der Waals surface area contributed by atoms with Crippen molar-refractivity contribution in [1.82, 2.24) is 10.3 Å². The van der Waals surface area contributed by atoms with E-state index in [-0.39, 0.29) is 0 Å². The van der Waals surface area contributed by atoms with Crippen LogP contribution in [0.15, 0.2) is 11.7 Å². The summed E-state index contributed by atoms with van der Waals surface area (Å²) in [4.78, 5) is 15.4. The van der Waals surface area contributed by atoms with E-state index in [0.717, 1.165) is 4.88 Å². The Morgan fingerprint density at radius 1 is 1.92 bits per heavy atom. The summed E-state index contributed by atoms with van der Waals surface area (Å²) < 4.78 is 0. The monoisotopic (exact) mass is 186 g/mol. The van der Waals surface area contributed by atoms with Crippen molar-refractivity contribution >= 4 is 17.3 Å². The molecule has 0 saturated carbocycles. The Hall–Kier alpha value is -0.940. The molecule has 0 bridgehead atoms. The molecule has 1 atom stereocenters. The molecule has 1 aromatic rings. The molecule has 0 aliphatic rings. The van der Waals surface area contributed by atoms with E-state index in [0.29, 0.717) is 6.42 Å². The Kier molecular flexibility index (Phi) is 3.19. The van der Waals surface area contributed by atoms with Gasteiger partial charge in [-0.2, -0.15) is 0 Å². The van der Waals surface area contributed by atoms with Crippen molar-refractivity contribution in [3.05, 3.63) is 16.6 Å². The maximum absolute atomic E-state index is 10.6. The zero-order valence-electron chi connectivity index (χ0n) is 6.65. The number of nitrogens with zero attached hydrogens (tertiary/aromatic N) is 1. The minimum absolute atomic E-state index is 0.497. The van der Waals surface area contributed by atoms with Crippen LogP contribution in [0, 0.1) is 0 Å². The summed E-state index contributed by atoms with van der Waals surface area (Å²) in [5, 5.41) is 11.4. The van der Waals surface area contributed by atoms with Crippen LogP contribution in [0.4, 0.5) is 0 Å². The molecule has 66 valence electrons. The first-order valence-corrected chi connectivity index (χ1v) is 4.39. The summed E-state index contributed by atoms with van der Waals surface area (Å²) in [5.41, 5.74) is 1.70. The Morgan fingerprint density at radius 3 is 3.08 bits per heavy atom. The van der Waals surface area contributed by atoms with Crippen molar-refractivity contribution in [3.63, 3.8) is 0 Å². The van der Waals surface area contributed by atoms with Gasteiger partial charge in [0.05, 0.1) is 5.51 Å². The van der Waals surface area contributed by atoms with Crippen LogP contribution < -0.4 is 5.32 Å². The third-order valence-electron chi connectivity index (χ3n) is 1.54. The van der Waals surface area contributed by atoms with Gasteiger partial charge in [-0.3, -0.25) is 9.78 Å². The molecule has 0 spiro atoms. The quantitative estimate of drug-likeness (QED) is 0.712. The Balaban J connectivity index is 2.54. The summed E-state index contributed by atoms with van der Waals surface area (Å²) in [5.74, 6) is -0.828. The summed E-state index contributed by atoms with van der Waals surface area (Å²) in [6.45, 7) is 0. The van der Waals surface area contributed by atoms with Gasteiger partial charge in [0, 0.05) is 17.5 Å². The van der Waals surface area contributed by atoms with Crippen molar-refractivity contribution < 1.29 is 9.90 Å². The van der Waals surface area contributed by atoms with Crippen LogP contribution >= 0.6 is 11.3 Å². The Labute approximate surface area is 74.3 Å². The molecular weight excluding hydrogens is 176 g/mol. The van der Waals surface area contributed by atoms with Crippen LogP contribution in [0.5, 0.6) is 0 Å². The van der Waals surface area contributed by atoms with E-state index in [1.165, 1.54) is 11.3 Å². The highest BCUT2D eigenvalue weighted by molar-refractivity contribution is 7.09. The van der Waals surface area contributed by atoms with Gasteiger partial charge in [0.15, 0.2) is 0 Å². The van der Waals surface area contributed by atoms with Crippen molar-refractivity contribution in [2.45, 2.75) is 12.5 Å². The maximum Gasteiger partial charge on any atom is 0.321 e. The van der Waals surface area contributed by atoms with Crippen molar-refractivity contribution in [2.75, 3.05) is 7.05 Å². The molecule has 5 heteroatoms. The van der Waals surface area contributed by atoms with Crippen LogP contribution in [0.25, 0.3) is 0 Å². The molecule has 4 nitrogen and oxygen atoms in total. The van der Waals surface area contributed by atoms with E-state index in [1.807, 2.05) is 0 Å². The lowest BCUT2D eigenvalue weighted by Gasteiger charge is -2.08. The number of likely N-dealkylation sites (N-methyl/N-ethyl adjacent to an activating group) is 1. The molecular formula is C7H10N2O2S. The number of aromatic nitrogens is 1. The highest BCUT2D eigenvalue weighted by atomic mass is 32.1. The standard InChI is InChI=1S/C7H10N2O2S/c1-8-6(7(10)11)2-5-3-9-4-12-5/h3-4,6,8H,2H2,1H3,(H,10,11)/t6-/m0/s1. The lowest BCUT2D eigenvalue weighted by molar-refractivity contribution is -0.139. The van der Waals surface area contributed by atoms with E-state index in [9.17, 15) is 4.79 Å². The van der Waals surface area contributed by atoms with Crippen LogP contribution in [-0.2, 0) is 11.2 Å². The molecule has 0 fully saturated rings. The van der Waals surface area contributed by atoms with Crippen molar-refractivity contribution in [2.24, 2.45) is 0 Å². The van der Waals surface area contributed by atoms with Gasteiger partial charge < -0.3 is 10.4 Å². The fraction of sp³-hybridized carbons (Fsp3) is 0.429. The lowest BCUT2D eigenvalue weighted by Crippen LogP contribution is -2.35. The predicted molar refractivity (Wildman–Crippen MR) is 46.3 cm³/mol. The minimum Gasteiger partial charge on any atom is -0.480 e. The van der Waals surface area contributed by atoms with Crippen molar-refractivity contribution in [1.29, 1.82) is 0 Å². The first-order chi connectivity index (χ1) is 5.74. The average Bonchev–Trinajstić information content (AvgIpc) is 2.51. The summed E-state index contributed by atoms with van der Waals surface area (Å²) in [6, 6.07) is -0.509. The molecule has 0 unspecified atom stereocenters. The van der Waals surface area contributed by atoms with Crippen LogP contribution in [0.3, 0.4) is 0 Å². The molecule has 1 rings (SSSR count). The smallest absolute Gasteiger partial charge is 0.321 e. The molecule has 0 amide bonds. The highest BCUT2D eigenvalue weighted by Crippen LogP contribution is 2.08. The van der Waals surface area contributed by atoms with Gasteiger partial charge in [0.25, 0.3) is 0 Å². The van der Waals surface area contributed by atoms with Gasteiger partial charge in [0.1, 0.15) is 6.04 Å². The Bertz CT molecular complexity index is 248. The third-order valence-corrected chi connectivity index (χ3v) is 2.34. The molecule has 0 aliphatic heterocycles. The van der Waals surface area contributed by atoms with E-state index in [4.69, 9.17) is 5.11 Å². The van der Waals surface area contributed by atoms with Gasteiger partial charge >= 0.3 is 5.97 Å². The minimum atomic E-state index is -0.828. The second-order valence-corrected chi connectivity index (χ2v) is 3.32. The number of carbonyl (C=O) groups is 1. The van der Waals surface area contributed by atoms with Crippen LogP contribution in [-0.4, -0.2) is 29.1 Å². The van der Waals surface area contributed by atoms with E-state index >= 15 is 0 Å². The summed E-state index contributed by atoms with van der Waals surface area (Å²) in [7, 11) is 1.64. The number of aliphatic carboxylic acids is 1. The largest absolute Gasteiger partial charge is 0.480 e. The van der Waals surface area contributed by atoms with Crippen LogP contribution in [0.1, 0.15) is 4.88 Å². The second-order valence-electron chi connectivity index (χ2n) is 2.35. The molecule has 2 N–H and O–H groups in total. The predicted octanol–water partition coefficient (Wildman–Crippen LogP) is 0.358. The maximum atomic E-state index is 10.6. The first-order valence-electron chi connectivity index (χ1n) is 3.51. The zero-order chi connectivity index (χ0) is 8.97.